The fraction of sp³-hybridized carbons (Fsp3) is 0.182. The van der Waals surface area contributed by atoms with Crippen molar-refractivity contribution in [1.29, 1.82) is 0 Å². The molecule has 0 saturated heterocycles. The van der Waals surface area contributed by atoms with Gasteiger partial charge >= 0.3 is 5.97 Å². The van der Waals surface area contributed by atoms with E-state index in [1.54, 1.807) is 6.07 Å². The Balaban J connectivity index is 1.37. The van der Waals surface area contributed by atoms with Crippen LogP contribution in [0.5, 0.6) is 5.75 Å². The van der Waals surface area contributed by atoms with E-state index < -0.39 is 5.97 Å². The molecule has 2 aromatic carbocycles. The van der Waals surface area contributed by atoms with Crippen molar-refractivity contribution < 1.29 is 19.1 Å². The predicted molar refractivity (Wildman–Crippen MR) is 107 cm³/mol. The second-order valence-electron chi connectivity index (χ2n) is 6.53. The van der Waals surface area contributed by atoms with Gasteiger partial charge in [0.05, 0.1) is 6.04 Å². The number of rotatable bonds is 5. The molecule has 1 aliphatic heterocycles. The Labute approximate surface area is 166 Å². The van der Waals surface area contributed by atoms with Gasteiger partial charge in [-0.1, -0.05) is 42.5 Å². The van der Waals surface area contributed by atoms with Crippen molar-refractivity contribution in [3.05, 3.63) is 76.7 Å². The molecular weight excluding hydrogens is 374 g/mol. The fourth-order valence-corrected chi connectivity index (χ4v) is 4.20. The van der Waals surface area contributed by atoms with Gasteiger partial charge in [0.25, 0.3) is 5.91 Å². The minimum Gasteiger partial charge on any atom is -0.488 e. The number of benzene rings is 2. The lowest BCUT2D eigenvalue weighted by atomic mass is 10.1. The van der Waals surface area contributed by atoms with Gasteiger partial charge in [-0.25, -0.2) is 4.79 Å². The van der Waals surface area contributed by atoms with Crippen LogP contribution >= 0.6 is 11.3 Å². The molecule has 5 nitrogen and oxygen atoms in total. The summed E-state index contributed by atoms with van der Waals surface area (Å²) in [6, 6.07) is 19.0. The third-order valence-corrected chi connectivity index (χ3v) is 5.73. The van der Waals surface area contributed by atoms with Crippen LogP contribution in [-0.4, -0.2) is 18.5 Å². The molecule has 1 amide bonds. The lowest BCUT2D eigenvalue weighted by molar-refractivity contribution is -0.124. The lowest BCUT2D eigenvalue weighted by Crippen LogP contribution is -2.31. The molecule has 1 atom stereocenters. The van der Waals surface area contributed by atoms with Crippen LogP contribution in [0.4, 0.5) is 0 Å². The van der Waals surface area contributed by atoms with E-state index in [0.717, 1.165) is 27.3 Å². The van der Waals surface area contributed by atoms with Crippen molar-refractivity contribution in [2.45, 2.75) is 19.6 Å². The first-order valence-corrected chi connectivity index (χ1v) is 9.80. The molecule has 1 aromatic heterocycles. The van der Waals surface area contributed by atoms with Gasteiger partial charge in [0.1, 0.15) is 17.2 Å². The third-order valence-electron chi connectivity index (χ3n) is 4.54. The molecule has 0 radical (unpaired) electrons. The van der Waals surface area contributed by atoms with Crippen LogP contribution in [0, 0.1) is 0 Å². The zero-order valence-corrected chi connectivity index (χ0v) is 16.1. The molecule has 6 heteroatoms. The van der Waals surface area contributed by atoms with E-state index in [0.29, 0.717) is 11.5 Å². The highest BCUT2D eigenvalue weighted by Gasteiger charge is 2.23. The molecule has 2 heterocycles. The summed E-state index contributed by atoms with van der Waals surface area (Å²) in [5, 5.41) is 2.83. The molecule has 0 fully saturated rings. The van der Waals surface area contributed by atoms with E-state index in [1.165, 1.54) is 11.3 Å². The zero-order chi connectivity index (χ0) is 19.5. The van der Waals surface area contributed by atoms with Gasteiger partial charge in [-0.3, -0.25) is 4.79 Å². The fourth-order valence-electron chi connectivity index (χ4n) is 3.11. The van der Waals surface area contributed by atoms with Crippen LogP contribution in [-0.2, 0) is 16.1 Å². The number of esters is 1. The van der Waals surface area contributed by atoms with Crippen molar-refractivity contribution in [2.24, 2.45) is 0 Å². The molecule has 0 aliphatic carbocycles. The molecule has 1 aliphatic rings. The number of hydrogen-bond donors (Lipinski definition) is 1. The number of fused-ring (bicyclic) bond motifs is 3. The average Bonchev–Trinajstić information content (AvgIpc) is 3.17. The van der Waals surface area contributed by atoms with Gasteiger partial charge in [0.2, 0.25) is 0 Å². The second-order valence-corrected chi connectivity index (χ2v) is 7.58. The molecule has 0 unspecified atom stereocenters. The molecule has 0 saturated carbocycles. The van der Waals surface area contributed by atoms with Crippen LogP contribution in [0.2, 0.25) is 0 Å². The van der Waals surface area contributed by atoms with Gasteiger partial charge in [0.15, 0.2) is 6.61 Å². The van der Waals surface area contributed by atoms with E-state index in [1.807, 2.05) is 61.5 Å². The first-order chi connectivity index (χ1) is 13.6. The molecular formula is C22H19NO4S. The van der Waals surface area contributed by atoms with Crippen LogP contribution in [0.3, 0.4) is 0 Å². The summed E-state index contributed by atoms with van der Waals surface area (Å²) in [5.74, 6) is -0.0230. The number of carbonyl (C=O) groups is 2. The number of thiophene rings is 1. The quantitative estimate of drug-likeness (QED) is 0.655. The summed E-state index contributed by atoms with van der Waals surface area (Å²) in [5.41, 5.74) is 2.92. The zero-order valence-electron chi connectivity index (χ0n) is 15.3. The van der Waals surface area contributed by atoms with E-state index in [2.05, 4.69) is 5.32 Å². The minimum absolute atomic E-state index is 0.157. The normalized spacial score (nSPS) is 12.9. The van der Waals surface area contributed by atoms with E-state index in [4.69, 9.17) is 9.47 Å². The van der Waals surface area contributed by atoms with Crippen molar-refractivity contribution in [1.82, 2.24) is 5.32 Å². The topological polar surface area (TPSA) is 64.6 Å². The Morgan fingerprint density at radius 3 is 2.71 bits per heavy atom. The second kappa shape index (κ2) is 7.86. The monoisotopic (exact) mass is 393 g/mol. The van der Waals surface area contributed by atoms with Crippen LogP contribution < -0.4 is 10.1 Å². The number of para-hydroxylation sites is 1. The Bertz CT molecular complexity index is 1010. The molecule has 0 bridgehead atoms. The molecule has 1 N–H and O–H groups in total. The van der Waals surface area contributed by atoms with E-state index in [-0.39, 0.29) is 18.6 Å². The summed E-state index contributed by atoms with van der Waals surface area (Å²) < 4.78 is 10.9. The van der Waals surface area contributed by atoms with Crippen molar-refractivity contribution in [3.8, 4) is 16.2 Å². The third kappa shape index (κ3) is 3.77. The highest BCUT2D eigenvalue weighted by molar-refractivity contribution is 7.17. The number of hydrogen-bond acceptors (Lipinski definition) is 5. The summed E-state index contributed by atoms with van der Waals surface area (Å²) in [4.78, 5) is 26.0. The SMILES string of the molecule is C[C@H](NC(=O)COC(=O)c1cc2c(s1)-c1ccccc1OC2)c1ccccc1. The number of carbonyl (C=O) groups excluding carboxylic acids is 2. The molecule has 28 heavy (non-hydrogen) atoms. The van der Waals surface area contributed by atoms with Gasteiger partial charge in [0, 0.05) is 16.0 Å². The molecule has 142 valence electrons. The van der Waals surface area contributed by atoms with E-state index >= 15 is 0 Å². The smallest absolute Gasteiger partial charge is 0.348 e. The average molecular weight is 393 g/mol. The van der Waals surface area contributed by atoms with E-state index in [9.17, 15) is 9.59 Å². The van der Waals surface area contributed by atoms with Crippen LogP contribution in [0.1, 0.15) is 33.8 Å². The van der Waals surface area contributed by atoms with Gasteiger partial charge in [-0.2, -0.15) is 0 Å². The van der Waals surface area contributed by atoms with Crippen molar-refractivity contribution >= 4 is 23.2 Å². The van der Waals surface area contributed by atoms with Crippen LogP contribution in [0.15, 0.2) is 60.7 Å². The highest BCUT2D eigenvalue weighted by atomic mass is 32.1. The largest absolute Gasteiger partial charge is 0.488 e. The highest BCUT2D eigenvalue weighted by Crippen LogP contribution is 2.42. The number of nitrogens with one attached hydrogen (secondary N) is 1. The Morgan fingerprint density at radius 2 is 1.89 bits per heavy atom. The minimum atomic E-state index is -0.501. The van der Waals surface area contributed by atoms with Gasteiger partial charge in [-0.05, 0) is 30.7 Å². The first-order valence-electron chi connectivity index (χ1n) is 8.98. The maximum atomic E-state index is 12.4. The molecule has 0 spiro atoms. The Morgan fingerprint density at radius 1 is 1.14 bits per heavy atom. The molecule has 4 rings (SSSR count). The number of amides is 1. The summed E-state index contributed by atoms with van der Waals surface area (Å²) in [7, 11) is 0. The van der Waals surface area contributed by atoms with Gasteiger partial charge < -0.3 is 14.8 Å². The van der Waals surface area contributed by atoms with Crippen LogP contribution in [0.25, 0.3) is 10.4 Å². The maximum Gasteiger partial charge on any atom is 0.348 e. The first kappa shape index (κ1) is 18.3. The Hall–Kier alpha value is -3.12. The Kier molecular flexibility index (Phi) is 5.12. The standard InChI is InChI=1S/C22H19NO4S/c1-14(15-7-3-2-4-8-15)23-20(24)13-27-22(25)19-11-16-12-26-18-10-6-5-9-17(18)21(16)28-19/h2-11,14H,12-13H2,1H3,(H,23,24)/t14-/m0/s1. The van der Waals surface area contributed by atoms with Crippen molar-refractivity contribution in [2.75, 3.05) is 6.61 Å². The lowest BCUT2D eigenvalue weighted by Gasteiger charge is -2.16. The van der Waals surface area contributed by atoms with Crippen molar-refractivity contribution in [3.63, 3.8) is 0 Å². The predicted octanol–water partition coefficient (Wildman–Crippen LogP) is 4.34. The summed E-state index contributed by atoms with van der Waals surface area (Å²) in [6.07, 6.45) is 0. The summed E-state index contributed by atoms with van der Waals surface area (Å²) in [6.45, 7) is 2.00. The molecule has 3 aromatic rings. The van der Waals surface area contributed by atoms with Gasteiger partial charge in [-0.15, -0.1) is 11.3 Å². The maximum absolute atomic E-state index is 12.4. The summed E-state index contributed by atoms with van der Waals surface area (Å²) >= 11 is 1.36. The number of ether oxygens (including phenoxy) is 2.